The Morgan fingerprint density at radius 3 is 0.923 bits per heavy atom. The van der Waals surface area contributed by atoms with Gasteiger partial charge in [0.05, 0.1) is 44.1 Å². The summed E-state index contributed by atoms with van der Waals surface area (Å²) in [6.07, 6.45) is 0. The first-order chi connectivity index (χ1) is 51.5. The van der Waals surface area contributed by atoms with Crippen molar-refractivity contribution in [3.05, 3.63) is 399 Å². The van der Waals surface area contributed by atoms with Gasteiger partial charge < -0.3 is 28.1 Å². The van der Waals surface area contributed by atoms with Gasteiger partial charge in [0.25, 0.3) is 0 Å². The fourth-order valence-corrected chi connectivity index (χ4v) is 16.1. The first kappa shape index (κ1) is 61.4. The number of rotatable bonds is 12. The minimum atomic E-state index is 1.11. The summed E-state index contributed by atoms with van der Waals surface area (Å²) in [6, 6.07) is 140. The average molecular weight is 1330 g/mol. The molecule has 0 aliphatic carbocycles. The van der Waals surface area contributed by atoms with E-state index in [0.29, 0.717) is 0 Å². The van der Waals surface area contributed by atoms with E-state index in [1.807, 2.05) is 0 Å². The molecule has 0 amide bonds. The molecule has 0 saturated heterocycles. The monoisotopic (exact) mass is 1330 g/mol. The van der Waals surface area contributed by atoms with Gasteiger partial charge in [0, 0.05) is 100.0 Å². The van der Waals surface area contributed by atoms with E-state index in [1.165, 1.54) is 143 Å². The summed E-state index contributed by atoms with van der Waals surface area (Å²) in [7, 11) is 0. The summed E-state index contributed by atoms with van der Waals surface area (Å²) in [5.41, 5.74) is 28.4. The van der Waals surface area contributed by atoms with E-state index >= 15 is 0 Å². The number of aromatic nitrogens is 4. The van der Waals surface area contributed by atoms with Crippen molar-refractivity contribution in [2.24, 2.45) is 0 Å². The van der Waals surface area contributed by atoms with Crippen LogP contribution >= 0.6 is 0 Å². The van der Waals surface area contributed by atoms with Gasteiger partial charge in [0.2, 0.25) is 0 Å². The van der Waals surface area contributed by atoms with Crippen molar-refractivity contribution < 1.29 is 0 Å². The van der Waals surface area contributed by atoms with Gasteiger partial charge >= 0.3 is 0 Å². The Kier molecular flexibility index (Phi) is 15.2. The molecule has 0 fully saturated rings. The van der Waals surface area contributed by atoms with Crippen LogP contribution < -0.4 is 9.80 Å². The minimum Gasteiger partial charge on any atom is -0.311 e. The number of fused-ring (bicyclic) bond motifs is 12. The van der Waals surface area contributed by atoms with Gasteiger partial charge in [-0.15, -0.1) is 0 Å². The number of hydrogen-bond acceptors (Lipinski definition) is 2. The van der Waals surface area contributed by atoms with Gasteiger partial charge in [-0.2, -0.15) is 0 Å². The zero-order chi connectivity index (χ0) is 69.2. The van der Waals surface area contributed by atoms with E-state index in [2.05, 4.69) is 430 Å². The molecule has 0 unspecified atom stereocenters. The largest absolute Gasteiger partial charge is 0.311 e. The Balaban J connectivity index is 0.000000143. The van der Waals surface area contributed by atoms with Crippen LogP contribution in [-0.2, 0) is 0 Å². The van der Waals surface area contributed by atoms with Gasteiger partial charge in [-0.1, -0.05) is 212 Å². The molecule has 0 aliphatic heterocycles. The van der Waals surface area contributed by atoms with Gasteiger partial charge in [-0.25, -0.2) is 0 Å². The molecule has 0 bridgehead atoms. The topological polar surface area (TPSA) is 26.2 Å². The molecule has 20 rings (SSSR count). The molecule has 4 aromatic heterocycles. The molecule has 20 aromatic rings. The molecular weight excluding hydrogens is 1260 g/mol. The predicted molar refractivity (Wildman–Crippen MR) is 440 cm³/mol. The Morgan fingerprint density at radius 2 is 0.490 bits per heavy atom. The number of benzene rings is 16. The second kappa shape index (κ2) is 25.8. The van der Waals surface area contributed by atoms with E-state index in [1.54, 1.807) is 0 Å². The molecule has 0 atom stereocenters. The zero-order valence-electron chi connectivity index (χ0n) is 57.6. The first-order valence-corrected chi connectivity index (χ1v) is 35.7. The Morgan fingerprint density at radius 1 is 0.192 bits per heavy atom. The van der Waals surface area contributed by atoms with E-state index in [-0.39, 0.29) is 0 Å². The molecular formula is C98H70N6. The first-order valence-electron chi connectivity index (χ1n) is 35.7. The lowest BCUT2D eigenvalue weighted by atomic mass is 9.98. The highest BCUT2D eigenvalue weighted by molar-refractivity contribution is 6.18. The quantitative estimate of drug-likeness (QED) is 0.122. The third-order valence-electron chi connectivity index (χ3n) is 20.9. The van der Waals surface area contributed by atoms with Crippen molar-refractivity contribution in [1.29, 1.82) is 0 Å². The summed E-state index contributed by atoms with van der Waals surface area (Å²) in [6.45, 7) is 4.37. The van der Waals surface area contributed by atoms with Crippen molar-refractivity contribution in [2.75, 3.05) is 9.80 Å². The lowest BCUT2D eigenvalue weighted by Gasteiger charge is -2.28. The van der Waals surface area contributed by atoms with Gasteiger partial charge in [-0.05, 0) is 223 Å². The molecule has 104 heavy (non-hydrogen) atoms. The fraction of sp³-hybridized carbons (Fsp3) is 0.0204. The van der Waals surface area contributed by atoms with Crippen LogP contribution in [0.1, 0.15) is 11.1 Å². The molecule has 0 N–H and O–H groups in total. The number of anilines is 6. The number of nitrogens with zero attached hydrogens (tertiary/aromatic N) is 6. The highest BCUT2D eigenvalue weighted by Gasteiger charge is 2.23. The molecule has 0 radical (unpaired) electrons. The van der Waals surface area contributed by atoms with E-state index in [4.69, 9.17) is 0 Å². The summed E-state index contributed by atoms with van der Waals surface area (Å²) >= 11 is 0. The second-order valence-corrected chi connectivity index (χ2v) is 26.9. The fourth-order valence-electron chi connectivity index (χ4n) is 16.1. The Labute approximate surface area is 603 Å². The van der Waals surface area contributed by atoms with Crippen molar-refractivity contribution in [3.63, 3.8) is 0 Å². The maximum atomic E-state index is 2.40. The van der Waals surface area contributed by atoms with Crippen molar-refractivity contribution >= 4 is 121 Å². The highest BCUT2D eigenvalue weighted by atomic mass is 15.2. The van der Waals surface area contributed by atoms with Crippen molar-refractivity contribution in [2.45, 2.75) is 13.8 Å². The van der Waals surface area contributed by atoms with Crippen LogP contribution in [0, 0.1) is 13.8 Å². The van der Waals surface area contributed by atoms with Crippen LogP contribution in [0.4, 0.5) is 34.1 Å². The van der Waals surface area contributed by atoms with Crippen LogP contribution in [0.5, 0.6) is 0 Å². The average Bonchev–Trinajstić information content (AvgIpc) is 1.59. The van der Waals surface area contributed by atoms with Crippen LogP contribution in [-0.4, -0.2) is 18.3 Å². The molecule has 6 nitrogen and oxygen atoms in total. The third kappa shape index (κ3) is 10.5. The molecule has 6 heteroatoms. The van der Waals surface area contributed by atoms with Crippen LogP contribution in [0.25, 0.3) is 132 Å². The van der Waals surface area contributed by atoms with Gasteiger partial charge in [0.15, 0.2) is 0 Å². The normalized spacial score (nSPS) is 11.6. The van der Waals surface area contributed by atoms with E-state index < -0.39 is 0 Å². The standard InChI is InChI=1S/C50H37N3.C48H33N3/c1-34-14-6-10-20-45(34)51(46-21-11-7-15-35(46)2)39-26-28-40(29-27-39)53-48-23-13-9-19-42(48)44-33-37(25-31-50(44)53)36-24-30-49-43(32-36)41-18-8-12-22-47(41)52(49)38-16-4-3-5-17-38;1-4-15-35(16-5-1)49(36-17-6-2-7-18-36)38-28-30-39(31-29-38)50-44-24-12-10-21-41(44)43-33-34(27-32-46(43)50)40-23-14-26-47-48(40)42-22-11-13-25-45(42)51(47)37-19-8-3-9-20-37/h3-33H,1-2H3;1-33H. The summed E-state index contributed by atoms with van der Waals surface area (Å²) in [5, 5.41) is 10.0. The molecule has 0 saturated carbocycles. The second-order valence-electron chi connectivity index (χ2n) is 26.9. The van der Waals surface area contributed by atoms with Crippen LogP contribution in [0.15, 0.2) is 388 Å². The number of aryl methyl sites for hydroxylation is 2. The molecule has 0 aliphatic rings. The maximum Gasteiger partial charge on any atom is 0.0547 e. The Hall–Kier alpha value is -13.7. The van der Waals surface area contributed by atoms with E-state index in [9.17, 15) is 0 Å². The van der Waals surface area contributed by atoms with Crippen LogP contribution in [0.3, 0.4) is 0 Å². The molecule has 492 valence electrons. The SMILES string of the molecule is Cc1ccccc1N(c1ccc(-n2c3ccccc3c3cc(-c4ccc5c(c4)c4ccccc4n5-c4ccccc4)ccc32)cc1)c1ccccc1C.c1ccc(N(c2ccccc2)c2ccc(-n3c4ccccc4c4cc(-c5cccc6c5c5ccccc5n6-c5ccccc5)ccc43)cc2)cc1. The lowest BCUT2D eigenvalue weighted by Crippen LogP contribution is -2.12. The molecule has 4 heterocycles. The number of hydrogen-bond donors (Lipinski definition) is 0. The predicted octanol–water partition coefficient (Wildman–Crippen LogP) is 26.7. The van der Waals surface area contributed by atoms with Gasteiger partial charge in [-0.3, -0.25) is 0 Å². The highest BCUT2D eigenvalue weighted by Crippen LogP contribution is 2.45. The van der Waals surface area contributed by atoms with Crippen molar-refractivity contribution in [1.82, 2.24) is 18.3 Å². The molecule has 16 aromatic carbocycles. The number of para-hydroxylation sites is 10. The maximum absolute atomic E-state index is 2.40. The summed E-state index contributed by atoms with van der Waals surface area (Å²) in [4.78, 5) is 4.68. The summed E-state index contributed by atoms with van der Waals surface area (Å²) in [5.74, 6) is 0. The van der Waals surface area contributed by atoms with Crippen LogP contribution in [0.2, 0.25) is 0 Å². The lowest BCUT2D eigenvalue weighted by molar-refractivity contribution is 1.17. The summed E-state index contributed by atoms with van der Waals surface area (Å²) < 4.78 is 9.56. The van der Waals surface area contributed by atoms with Gasteiger partial charge in [0.1, 0.15) is 0 Å². The van der Waals surface area contributed by atoms with Crippen molar-refractivity contribution in [3.8, 4) is 45.0 Å². The zero-order valence-corrected chi connectivity index (χ0v) is 57.6. The molecule has 0 spiro atoms. The smallest absolute Gasteiger partial charge is 0.0547 e. The Bertz CT molecular complexity index is 6520. The van der Waals surface area contributed by atoms with E-state index in [0.717, 1.165) is 34.1 Å². The third-order valence-corrected chi connectivity index (χ3v) is 20.9. The minimum absolute atomic E-state index is 1.11.